The molecule has 6 heavy (non-hydrogen) atoms. The highest BCUT2D eigenvalue weighted by atomic mass is 35.5. The summed E-state index contributed by atoms with van der Waals surface area (Å²) in [5.41, 5.74) is 4.82. The average molecular weight is 128 g/mol. The van der Waals surface area contributed by atoms with Crippen LogP contribution in [0.2, 0.25) is 0 Å². The first-order valence-corrected chi connectivity index (χ1v) is 2.70. The van der Waals surface area contributed by atoms with Crippen LogP contribution < -0.4 is 5.73 Å². The molecule has 0 saturated carbocycles. The van der Waals surface area contributed by atoms with Crippen LogP contribution in [0.1, 0.15) is 6.42 Å². The summed E-state index contributed by atoms with van der Waals surface area (Å²) in [7, 11) is 0. The number of rotatable bonds is 2. The fraction of sp³-hybridized carbons (Fsp3) is 1.00. The van der Waals surface area contributed by atoms with Crippen LogP contribution in [0.4, 0.5) is 0 Å². The maximum atomic E-state index is 5.27. The third-order valence-corrected chi connectivity index (χ3v) is 0.821. The number of nitrogens with two attached hydrogens (primary N) is 1. The molecule has 0 radical (unpaired) electrons. The summed E-state index contributed by atoms with van der Waals surface area (Å²) in [5, 5.41) is 0. The fourth-order valence-electron chi connectivity index (χ4n) is 0.104. The number of alkyl halides is 2. The third kappa shape index (κ3) is 4.54. The van der Waals surface area contributed by atoms with Crippen molar-refractivity contribution in [2.24, 2.45) is 5.73 Å². The van der Waals surface area contributed by atoms with Crippen molar-refractivity contribution >= 4 is 23.2 Å². The van der Waals surface area contributed by atoms with Gasteiger partial charge in [0.05, 0.1) is 5.50 Å². The molecule has 0 rings (SSSR count). The monoisotopic (exact) mass is 127 g/mol. The van der Waals surface area contributed by atoms with Gasteiger partial charge in [0.1, 0.15) is 0 Å². The predicted octanol–water partition coefficient (Wildman–Crippen LogP) is 1.14. The van der Waals surface area contributed by atoms with E-state index in [9.17, 15) is 0 Å². The van der Waals surface area contributed by atoms with Gasteiger partial charge in [-0.3, -0.25) is 0 Å². The number of hydrogen-bond acceptors (Lipinski definition) is 1. The molecule has 1 atom stereocenters. The van der Waals surface area contributed by atoms with Crippen LogP contribution in [-0.4, -0.2) is 11.4 Å². The molecule has 0 aromatic rings. The summed E-state index contributed by atoms with van der Waals surface area (Å²) in [6.07, 6.45) is 0.684. The molecule has 0 aliphatic heterocycles. The summed E-state index contributed by atoms with van der Waals surface area (Å²) < 4.78 is 0. The van der Waals surface area contributed by atoms with E-state index in [1.807, 2.05) is 0 Å². The molecule has 3 heteroatoms. The Morgan fingerprint density at radius 3 is 2.17 bits per heavy atom. The van der Waals surface area contributed by atoms with Crippen LogP contribution >= 0.6 is 23.2 Å². The van der Waals surface area contributed by atoms with E-state index in [1.54, 1.807) is 0 Å². The molecule has 0 fully saturated rings. The van der Waals surface area contributed by atoms with E-state index in [0.717, 1.165) is 0 Å². The van der Waals surface area contributed by atoms with Gasteiger partial charge in [-0.05, 0) is 6.42 Å². The topological polar surface area (TPSA) is 26.0 Å². The Kier molecular flexibility index (Phi) is 4.06. The lowest BCUT2D eigenvalue weighted by atomic mass is 10.5. The zero-order valence-electron chi connectivity index (χ0n) is 3.32. The summed E-state index contributed by atoms with van der Waals surface area (Å²) in [5.74, 6) is 0.546. The zero-order valence-corrected chi connectivity index (χ0v) is 4.84. The smallest absolute Gasteiger partial charge is 0.0811 e. The summed E-state index contributed by atoms with van der Waals surface area (Å²) in [6.45, 7) is 0. The van der Waals surface area contributed by atoms with Gasteiger partial charge in [0.2, 0.25) is 0 Å². The molecule has 0 spiro atoms. The molecule has 0 aromatic carbocycles. The lowest BCUT2D eigenvalue weighted by molar-refractivity contribution is 0.863. The molecule has 1 unspecified atom stereocenters. The minimum absolute atomic E-state index is 0.262. The first kappa shape index (κ1) is 6.54. The molecule has 38 valence electrons. The van der Waals surface area contributed by atoms with Gasteiger partial charge < -0.3 is 5.73 Å². The first-order valence-electron chi connectivity index (χ1n) is 1.73. The van der Waals surface area contributed by atoms with Crippen molar-refractivity contribution in [3.63, 3.8) is 0 Å². The van der Waals surface area contributed by atoms with Gasteiger partial charge in [-0.1, -0.05) is 0 Å². The summed E-state index contributed by atoms with van der Waals surface area (Å²) >= 11 is 10.5. The quantitative estimate of drug-likeness (QED) is 0.438. The molecule has 2 N–H and O–H groups in total. The van der Waals surface area contributed by atoms with Gasteiger partial charge in [-0.15, -0.1) is 23.2 Å². The van der Waals surface area contributed by atoms with E-state index in [1.165, 1.54) is 0 Å². The second-order valence-electron chi connectivity index (χ2n) is 0.994. The van der Waals surface area contributed by atoms with Crippen LogP contribution in [0, 0.1) is 0 Å². The van der Waals surface area contributed by atoms with Crippen molar-refractivity contribution in [1.29, 1.82) is 0 Å². The van der Waals surface area contributed by atoms with Gasteiger partial charge in [-0.2, -0.15) is 0 Å². The van der Waals surface area contributed by atoms with Crippen molar-refractivity contribution in [3.8, 4) is 0 Å². The Labute approximate surface area is 47.4 Å². The van der Waals surface area contributed by atoms with E-state index in [0.29, 0.717) is 12.3 Å². The minimum Gasteiger partial charge on any atom is -0.315 e. The van der Waals surface area contributed by atoms with Crippen molar-refractivity contribution in [1.82, 2.24) is 0 Å². The second kappa shape index (κ2) is 3.72. The SMILES string of the molecule is NC(Cl)CCCl. The Morgan fingerprint density at radius 2 is 2.17 bits per heavy atom. The van der Waals surface area contributed by atoms with E-state index >= 15 is 0 Å². The number of hydrogen-bond donors (Lipinski definition) is 1. The van der Waals surface area contributed by atoms with Gasteiger partial charge in [0, 0.05) is 5.88 Å². The molecule has 0 amide bonds. The molecular formula is C3H7Cl2N. The molecule has 0 saturated heterocycles. The van der Waals surface area contributed by atoms with Gasteiger partial charge in [-0.25, -0.2) is 0 Å². The Bertz CT molecular complexity index is 30.0. The van der Waals surface area contributed by atoms with E-state index in [2.05, 4.69) is 0 Å². The lowest BCUT2D eigenvalue weighted by Crippen LogP contribution is -2.11. The Morgan fingerprint density at radius 1 is 1.67 bits per heavy atom. The molecule has 0 bridgehead atoms. The second-order valence-corrected chi connectivity index (χ2v) is 1.93. The van der Waals surface area contributed by atoms with Crippen molar-refractivity contribution in [2.45, 2.75) is 11.9 Å². The third-order valence-electron chi connectivity index (χ3n) is 0.385. The Hall–Kier alpha value is 0.540. The highest BCUT2D eigenvalue weighted by Crippen LogP contribution is 1.93. The molecule has 1 nitrogen and oxygen atoms in total. The molecule has 0 aromatic heterocycles. The minimum atomic E-state index is -0.262. The van der Waals surface area contributed by atoms with Crippen LogP contribution in [0.5, 0.6) is 0 Å². The lowest BCUT2D eigenvalue weighted by Gasteiger charge is -1.92. The van der Waals surface area contributed by atoms with E-state index in [-0.39, 0.29) is 5.50 Å². The van der Waals surface area contributed by atoms with E-state index in [4.69, 9.17) is 28.9 Å². The maximum absolute atomic E-state index is 5.27. The molecular weight excluding hydrogens is 121 g/mol. The molecule has 0 aliphatic carbocycles. The van der Waals surface area contributed by atoms with Crippen molar-refractivity contribution < 1.29 is 0 Å². The standard InChI is InChI=1S/C3H7Cl2N/c4-2-1-3(5)6/h3H,1-2,6H2. The van der Waals surface area contributed by atoms with Gasteiger partial charge in [0.25, 0.3) is 0 Å². The van der Waals surface area contributed by atoms with Crippen molar-refractivity contribution in [3.05, 3.63) is 0 Å². The fourth-order valence-corrected chi connectivity index (χ4v) is 0.560. The van der Waals surface area contributed by atoms with Crippen molar-refractivity contribution in [2.75, 3.05) is 5.88 Å². The maximum Gasteiger partial charge on any atom is 0.0811 e. The predicted molar refractivity (Wildman–Crippen MR) is 29.2 cm³/mol. The molecule has 0 aliphatic rings. The Balaban J connectivity index is 2.63. The largest absolute Gasteiger partial charge is 0.315 e. The normalized spacial score (nSPS) is 14.5. The van der Waals surface area contributed by atoms with E-state index < -0.39 is 0 Å². The van der Waals surface area contributed by atoms with Gasteiger partial charge in [0.15, 0.2) is 0 Å². The highest BCUT2D eigenvalue weighted by Gasteiger charge is 1.89. The zero-order chi connectivity index (χ0) is 4.99. The van der Waals surface area contributed by atoms with Crippen LogP contribution in [0.15, 0.2) is 0 Å². The average Bonchev–Trinajstić information content (AvgIpc) is 1.35. The van der Waals surface area contributed by atoms with Crippen LogP contribution in [0.3, 0.4) is 0 Å². The summed E-state index contributed by atoms with van der Waals surface area (Å²) in [6, 6.07) is 0. The van der Waals surface area contributed by atoms with Crippen LogP contribution in [0.25, 0.3) is 0 Å². The number of halogens is 2. The highest BCUT2D eigenvalue weighted by molar-refractivity contribution is 6.21. The molecule has 0 heterocycles. The van der Waals surface area contributed by atoms with Gasteiger partial charge >= 0.3 is 0 Å². The summed E-state index contributed by atoms with van der Waals surface area (Å²) in [4.78, 5) is 0. The van der Waals surface area contributed by atoms with Crippen LogP contribution in [-0.2, 0) is 0 Å². The first-order chi connectivity index (χ1) is 2.77.